The summed E-state index contributed by atoms with van der Waals surface area (Å²) in [6.07, 6.45) is 0. The summed E-state index contributed by atoms with van der Waals surface area (Å²) < 4.78 is 17.4. The zero-order valence-electron chi connectivity index (χ0n) is 16.5. The number of anilines is 1. The number of hydrogen-bond acceptors (Lipinski definition) is 5. The number of nitrogens with two attached hydrogens (primary N) is 1. The van der Waals surface area contributed by atoms with Crippen molar-refractivity contribution in [1.29, 1.82) is 0 Å². The summed E-state index contributed by atoms with van der Waals surface area (Å²) in [5.74, 6) is 2.30. The Balaban J connectivity index is 1.36. The third kappa shape index (κ3) is 5.11. The highest BCUT2D eigenvalue weighted by molar-refractivity contribution is 5.67. The van der Waals surface area contributed by atoms with E-state index in [0.717, 1.165) is 28.5 Å². The SMILES string of the molecule is Nc1cccc(OCc2cc(-c3ccccc3OCCOc3ccccc3)n[nH]2)c1. The van der Waals surface area contributed by atoms with Gasteiger partial charge in [0.1, 0.15) is 37.1 Å². The molecule has 0 aliphatic carbocycles. The van der Waals surface area contributed by atoms with Gasteiger partial charge in [-0.15, -0.1) is 0 Å². The van der Waals surface area contributed by atoms with E-state index in [1.54, 1.807) is 6.07 Å². The smallest absolute Gasteiger partial charge is 0.130 e. The molecule has 6 nitrogen and oxygen atoms in total. The second kappa shape index (κ2) is 9.52. The third-order valence-electron chi connectivity index (χ3n) is 4.40. The van der Waals surface area contributed by atoms with Gasteiger partial charge in [-0.05, 0) is 42.5 Å². The molecule has 6 heteroatoms. The molecule has 1 aromatic heterocycles. The van der Waals surface area contributed by atoms with Crippen molar-refractivity contribution in [3.63, 3.8) is 0 Å². The van der Waals surface area contributed by atoms with E-state index in [1.807, 2.05) is 78.9 Å². The van der Waals surface area contributed by atoms with Gasteiger partial charge < -0.3 is 19.9 Å². The molecule has 0 saturated heterocycles. The van der Waals surface area contributed by atoms with Crippen LogP contribution in [0, 0.1) is 0 Å². The molecule has 0 radical (unpaired) electrons. The van der Waals surface area contributed by atoms with Gasteiger partial charge in [0.05, 0.1) is 11.4 Å². The van der Waals surface area contributed by atoms with Crippen molar-refractivity contribution in [3.8, 4) is 28.5 Å². The Morgan fingerprint density at radius 2 is 1.50 bits per heavy atom. The topological polar surface area (TPSA) is 82.4 Å². The van der Waals surface area contributed by atoms with Gasteiger partial charge in [0, 0.05) is 17.3 Å². The quantitative estimate of drug-likeness (QED) is 0.314. The van der Waals surface area contributed by atoms with Gasteiger partial charge in [-0.25, -0.2) is 0 Å². The first-order valence-electron chi connectivity index (χ1n) is 9.70. The monoisotopic (exact) mass is 401 g/mol. The fourth-order valence-electron chi connectivity index (χ4n) is 2.97. The van der Waals surface area contributed by atoms with Crippen LogP contribution in [0.3, 0.4) is 0 Å². The summed E-state index contributed by atoms with van der Waals surface area (Å²) in [5, 5.41) is 7.43. The highest BCUT2D eigenvalue weighted by atomic mass is 16.5. The van der Waals surface area contributed by atoms with Gasteiger partial charge in [0.25, 0.3) is 0 Å². The van der Waals surface area contributed by atoms with Gasteiger partial charge >= 0.3 is 0 Å². The summed E-state index contributed by atoms with van der Waals surface area (Å²) in [7, 11) is 0. The van der Waals surface area contributed by atoms with Crippen molar-refractivity contribution in [3.05, 3.63) is 90.6 Å². The molecule has 0 atom stereocenters. The Kier molecular flexibility index (Phi) is 6.15. The van der Waals surface area contributed by atoms with Crippen LogP contribution in [-0.2, 0) is 6.61 Å². The first kappa shape index (κ1) is 19.4. The molecule has 4 aromatic rings. The molecule has 3 N–H and O–H groups in total. The standard InChI is InChI=1S/C24H23N3O3/c25-18-7-6-10-21(15-18)30-17-19-16-23(27-26-19)22-11-4-5-12-24(22)29-14-13-28-20-8-2-1-3-9-20/h1-12,15-16H,13-14,17,25H2,(H,26,27). The first-order chi connectivity index (χ1) is 14.8. The highest BCUT2D eigenvalue weighted by Gasteiger charge is 2.10. The van der Waals surface area contributed by atoms with Gasteiger partial charge in [-0.2, -0.15) is 5.10 Å². The van der Waals surface area contributed by atoms with Crippen LogP contribution in [0.5, 0.6) is 17.2 Å². The molecule has 0 saturated carbocycles. The number of para-hydroxylation sites is 2. The number of ether oxygens (including phenoxy) is 3. The Morgan fingerprint density at radius 3 is 2.37 bits per heavy atom. The molecule has 4 rings (SSSR count). The fourth-order valence-corrected chi connectivity index (χ4v) is 2.97. The average Bonchev–Trinajstić information content (AvgIpc) is 3.25. The molecule has 0 aliphatic rings. The van der Waals surface area contributed by atoms with Crippen molar-refractivity contribution < 1.29 is 14.2 Å². The van der Waals surface area contributed by atoms with E-state index in [2.05, 4.69) is 10.2 Å². The van der Waals surface area contributed by atoms with Crippen molar-refractivity contribution in [1.82, 2.24) is 10.2 Å². The Bertz CT molecular complexity index is 1080. The maximum Gasteiger partial charge on any atom is 0.130 e. The maximum absolute atomic E-state index is 5.94. The van der Waals surface area contributed by atoms with Crippen LogP contribution in [0.25, 0.3) is 11.3 Å². The largest absolute Gasteiger partial charge is 0.490 e. The van der Waals surface area contributed by atoms with Crippen LogP contribution in [0.1, 0.15) is 5.69 Å². The van der Waals surface area contributed by atoms with E-state index in [4.69, 9.17) is 19.9 Å². The van der Waals surface area contributed by atoms with Crippen LogP contribution >= 0.6 is 0 Å². The number of H-pyrrole nitrogens is 1. The van der Waals surface area contributed by atoms with Gasteiger partial charge in [-0.3, -0.25) is 5.10 Å². The average molecular weight is 401 g/mol. The van der Waals surface area contributed by atoms with Gasteiger partial charge in [0.15, 0.2) is 0 Å². The first-order valence-corrected chi connectivity index (χ1v) is 9.70. The minimum atomic E-state index is 0.365. The number of hydrogen-bond donors (Lipinski definition) is 2. The zero-order chi connectivity index (χ0) is 20.6. The van der Waals surface area contributed by atoms with Crippen LogP contribution in [0.4, 0.5) is 5.69 Å². The molecule has 1 heterocycles. The molecule has 0 amide bonds. The highest BCUT2D eigenvalue weighted by Crippen LogP contribution is 2.29. The van der Waals surface area contributed by atoms with Crippen molar-refractivity contribution in [2.45, 2.75) is 6.61 Å². The van der Waals surface area contributed by atoms with E-state index < -0.39 is 0 Å². The van der Waals surface area contributed by atoms with Crippen molar-refractivity contribution in [2.24, 2.45) is 0 Å². The molecule has 0 bridgehead atoms. The molecular weight excluding hydrogens is 378 g/mol. The number of nitrogens with zero attached hydrogens (tertiary/aromatic N) is 1. The summed E-state index contributed by atoms with van der Waals surface area (Å²) in [6, 6.07) is 26.8. The Labute approximate surface area is 175 Å². The number of rotatable bonds is 9. The molecule has 0 spiro atoms. The van der Waals surface area contributed by atoms with Gasteiger partial charge in [0.2, 0.25) is 0 Å². The minimum absolute atomic E-state index is 0.365. The lowest BCUT2D eigenvalue weighted by Gasteiger charge is -2.11. The molecule has 30 heavy (non-hydrogen) atoms. The lowest BCUT2D eigenvalue weighted by atomic mass is 10.1. The lowest BCUT2D eigenvalue weighted by molar-refractivity contribution is 0.217. The molecule has 3 aromatic carbocycles. The minimum Gasteiger partial charge on any atom is -0.490 e. The van der Waals surface area contributed by atoms with E-state index in [9.17, 15) is 0 Å². The number of aromatic amines is 1. The molecule has 0 aliphatic heterocycles. The van der Waals surface area contributed by atoms with Crippen LogP contribution < -0.4 is 19.9 Å². The number of nitrogens with one attached hydrogen (secondary N) is 1. The fraction of sp³-hybridized carbons (Fsp3) is 0.125. The maximum atomic E-state index is 5.94. The van der Waals surface area contributed by atoms with E-state index >= 15 is 0 Å². The number of aromatic nitrogens is 2. The molecule has 0 unspecified atom stereocenters. The van der Waals surface area contributed by atoms with Gasteiger partial charge in [-0.1, -0.05) is 36.4 Å². The summed E-state index contributed by atoms with van der Waals surface area (Å²) in [5.41, 5.74) is 9.01. The second-order valence-electron chi connectivity index (χ2n) is 6.65. The summed E-state index contributed by atoms with van der Waals surface area (Å²) >= 11 is 0. The van der Waals surface area contributed by atoms with Crippen LogP contribution in [0.2, 0.25) is 0 Å². The van der Waals surface area contributed by atoms with E-state index in [0.29, 0.717) is 31.3 Å². The Hall–Kier alpha value is -3.93. The molecule has 152 valence electrons. The van der Waals surface area contributed by atoms with Crippen LogP contribution in [-0.4, -0.2) is 23.4 Å². The van der Waals surface area contributed by atoms with E-state index in [-0.39, 0.29) is 0 Å². The van der Waals surface area contributed by atoms with Crippen molar-refractivity contribution in [2.75, 3.05) is 18.9 Å². The predicted molar refractivity (Wildman–Crippen MR) is 117 cm³/mol. The summed E-state index contributed by atoms with van der Waals surface area (Å²) in [4.78, 5) is 0. The third-order valence-corrected chi connectivity index (χ3v) is 4.40. The second-order valence-corrected chi connectivity index (χ2v) is 6.65. The van der Waals surface area contributed by atoms with E-state index in [1.165, 1.54) is 0 Å². The molecule has 0 fully saturated rings. The number of nitrogen functional groups attached to an aromatic ring is 1. The number of benzene rings is 3. The van der Waals surface area contributed by atoms with Crippen LogP contribution in [0.15, 0.2) is 84.9 Å². The Morgan fingerprint density at radius 1 is 0.733 bits per heavy atom. The summed E-state index contributed by atoms with van der Waals surface area (Å²) in [6.45, 7) is 1.25. The zero-order valence-corrected chi connectivity index (χ0v) is 16.5. The lowest BCUT2D eigenvalue weighted by Crippen LogP contribution is -2.09. The molecular formula is C24H23N3O3. The van der Waals surface area contributed by atoms with Crippen molar-refractivity contribution >= 4 is 5.69 Å². The predicted octanol–water partition coefficient (Wildman–Crippen LogP) is 4.70. The normalized spacial score (nSPS) is 10.5.